The van der Waals surface area contributed by atoms with Crippen LogP contribution in [0.3, 0.4) is 0 Å². The first-order chi connectivity index (χ1) is 8.11. The monoisotopic (exact) mass is 275 g/mol. The van der Waals surface area contributed by atoms with E-state index in [-0.39, 0.29) is 6.04 Å². The molecule has 0 aromatic carbocycles. The zero-order valence-corrected chi connectivity index (χ0v) is 13.5. The second-order valence-corrected chi connectivity index (χ2v) is 9.27. The van der Waals surface area contributed by atoms with Crippen LogP contribution in [0.1, 0.15) is 47.0 Å². The Bertz CT molecular complexity index is 375. The Kier molecular flexibility index (Phi) is 4.87. The molecule has 0 radical (unpaired) electrons. The van der Waals surface area contributed by atoms with Crippen molar-refractivity contribution in [1.82, 2.24) is 5.32 Å². The van der Waals surface area contributed by atoms with E-state index >= 15 is 0 Å². The summed E-state index contributed by atoms with van der Waals surface area (Å²) in [6.07, 6.45) is 4.83. The normalized spacial score (nSPS) is 32.2. The van der Waals surface area contributed by atoms with Crippen LogP contribution < -0.4 is 5.32 Å². The highest BCUT2D eigenvalue weighted by Crippen LogP contribution is 2.39. The van der Waals surface area contributed by atoms with Crippen LogP contribution in [0.15, 0.2) is 0 Å². The van der Waals surface area contributed by atoms with Crippen LogP contribution in [-0.2, 0) is 9.84 Å². The Hall–Kier alpha value is -0.0900. The summed E-state index contributed by atoms with van der Waals surface area (Å²) < 4.78 is 23.3. The van der Waals surface area contributed by atoms with Crippen molar-refractivity contribution in [3.63, 3.8) is 0 Å². The topological polar surface area (TPSA) is 46.2 Å². The molecule has 18 heavy (non-hydrogen) atoms. The zero-order valence-electron chi connectivity index (χ0n) is 12.7. The van der Waals surface area contributed by atoms with Gasteiger partial charge in [0.1, 0.15) is 0 Å². The minimum atomic E-state index is -3.06. The van der Waals surface area contributed by atoms with Gasteiger partial charge in [0.15, 0.2) is 9.84 Å². The summed E-state index contributed by atoms with van der Waals surface area (Å²) in [6, 6.07) is 0.0439. The lowest BCUT2D eigenvalue weighted by Gasteiger charge is -2.42. The average Bonchev–Trinajstić information content (AvgIpc) is 2.22. The van der Waals surface area contributed by atoms with E-state index in [2.05, 4.69) is 19.2 Å². The number of rotatable bonds is 4. The summed E-state index contributed by atoms with van der Waals surface area (Å²) in [7, 11) is -1.17. The predicted octanol–water partition coefficient (Wildman–Crippen LogP) is 2.47. The first-order valence-electron chi connectivity index (χ1n) is 6.98. The quantitative estimate of drug-likeness (QED) is 0.857. The first kappa shape index (κ1) is 16.0. The maximum absolute atomic E-state index is 12.0. The third-order valence-electron chi connectivity index (χ3n) is 5.13. The van der Waals surface area contributed by atoms with Crippen molar-refractivity contribution in [1.29, 1.82) is 0 Å². The van der Waals surface area contributed by atoms with Crippen molar-refractivity contribution in [2.24, 2.45) is 17.8 Å². The molecule has 0 spiro atoms. The summed E-state index contributed by atoms with van der Waals surface area (Å²) in [5, 5.41) is 3.27. The minimum absolute atomic E-state index is 0.0439. The van der Waals surface area contributed by atoms with Crippen LogP contribution in [0.2, 0.25) is 0 Å². The maximum Gasteiger partial charge on any atom is 0.154 e. The number of hydrogen-bond acceptors (Lipinski definition) is 3. The van der Waals surface area contributed by atoms with Crippen LogP contribution in [-0.4, -0.2) is 32.5 Å². The fraction of sp³-hybridized carbons (Fsp3) is 1.00. The van der Waals surface area contributed by atoms with Gasteiger partial charge in [-0.25, -0.2) is 8.42 Å². The van der Waals surface area contributed by atoms with E-state index in [1.165, 1.54) is 12.7 Å². The second-order valence-electron chi connectivity index (χ2n) is 6.67. The fourth-order valence-corrected chi connectivity index (χ4v) is 4.05. The molecule has 1 saturated carbocycles. The lowest BCUT2D eigenvalue weighted by molar-refractivity contribution is 0.159. The number of hydrogen-bond donors (Lipinski definition) is 1. The SMILES string of the molecule is CNC(C1CCC(C)C(C)C1)C(C)(C)S(C)(=O)=O. The second kappa shape index (κ2) is 5.49. The van der Waals surface area contributed by atoms with Gasteiger partial charge < -0.3 is 5.32 Å². The van der Waals surface area contributed by atoms with E-state index < -0.39 is 14.6 Å². The van der Waals surface area contributed by atoms with Crippen LogP contribution in [0, 0.1) is 17.8 Å². The van der Waals surface area contributed by atoms with E-state index in [0.717, 1.165) is 18.8 Å². The van der Waals surface area contributed by atoms with Gasteiger partial charge in [-0.05, 0) is 51.5 Å². The van der Waals surface area contributed by atoms with Gasteiger partial charge in [-0.3, -0.25) is 0 Å². The summed E-state index contributed by atoms with van der Waals surface area (Å²) in [5.74, 6) is 1.92. The lowest BCUT2D eigenvalue weighted by atomic mass is 9.71. The van der Waals surface area contributed by atoms with Crippen molar-refractivity contribution >= 4 is 9.84 Å². The molecular formula is C14H29NO2S. The van der Waals surface area contributed by atoms with Gasteiger partial charge in [0, 0.05) is 12.3 Å². The van der Waals surface area contributed by atoms with E-state index in [0.29, 0.717) is 11.8 Å². The largest absolute Gasteiger partial charge is 0.315 e. The maximum atomic E-state index is 12.0. The first-order valence-corrected chi connectivity index (χ1v) is 8.87. The summed E-state index contributed by atoms with van der Waals surface area (Å²) in [5.41, 5.74) is 0. The van der Waals surface area contributed by atoms with E-state index in [4.69, 9.17) is 0 Å². The molecule has 3 nitrogen and oxygen atoms in total. The van der Waals surface area contributed by atoms with Gasteiger partial charge in [0.2, 0.25) is 0 Å². The predicted molar refractivity (Wildman–Crippen MR) is 77.4 cm³/mol. The van der Waals surface area contributed by atoms with E-state index in [1.807, 2.05) is 20.9 Å². The van der Waals surface area contributed by atoms with Gasteiger partial charge >= 0.3 is 0 Å². The molecule has 1 N–H and O–H groups in total. The molecule has 0 heterocycles. The van der Waals surface area contributed by atoms with Gasteiger partial charge in [0.05, 0.1) is 4.75 Å². The Morgan fingerprint density at radius 2 is 1.72 bits per heavy atom. The highest BCUT2D eigenvalue weighted by molar-refractivity contribution is 7.92. The van der Waals surface area contributed by atoms with Crippen molar-refractivity contribution < 1.29 is 8.42 Å². The summed E-state index contributed by atoms with van der Waals surface area (Å²) >= 11 is 0. The van der Waals surface area contributed by atoms with Crippen LogP contribution >= 0.6 is 0 Å². The smallest absolute Gasteiger partial charge is 0.154 e. The molecule has 1 rings (SSSR count). The summed E-state index contributed by atoms with van der Waals surface area (Å²) in [4.78, 5) is 0. The molecule has 108 valence electrons. The van der Waals surface area contributed by atoms with Crippen LogP contribution in [0.4, 0.5) is 0 Å². The molecule has 4 heteroatoms. The highest BCUT2D eigenvalue weighted by atomic mass is 32.2. The van der Waals surface area contributed by atoms with Crippen molar-refractivity contribution in [2.45, 2.75) is 57.7 Å². The lowest BCUT2D eigenvalue weighted by Crippen LogP contribution is -2.55. The van der Waals surface area contributed by atoms with Gasteiger partial charge in [-0.2, -0.15) is 0 Å². The van der Waals surface area contributed by atoms with Gasteiger partial charge in [-0.1, -0.05) is 20.3 Å². The molecule has 0 aromatic rings. The molecule has 1 aliphatic rings. The Labute approximate surface area is 113 Å². The molecule has 0 bridgehead atoms. The molecule has 4 atom stereocenters. The Morgan fingerprint density at radius 1 is 1.17 bits per heavy atom. The number of nitrogens with one attached hydrogen (secondary N) is 1. The zero-order chi connectivity index (χ0) is 14.1. The third-order valence-corrected chi connectivity index (χ3v) is 7.29. The van der Waals surface area contributed by atoms with Crippen LogP contribution in [0.5, 0.6) is 0 Å². The Morgan fingerprint density at radius 3 is 2.11 bits per heavy atom. The molecule has 0 aromatic heterocycles. The van der Waals surface area contributed by atoms with Gasteiger partial charge in [-0.15, -0.1) is 0 Å². The molecular weight excluding hydrogens is 246 g/mol. The van der Waals surface area contributed by atoms with E-state index in [9.17, 15) is 8.42 Å². The van der Waals surface area contributed by atoms with E-state index in [1.54, 1.807) is 0 Å². The van der Waals surface area contributed by atoms with Crippen molar-refractivity contribution in [3.05, 3.63) is 0 Å². The molecule has 0 amide bonds. The molecule has 1 fully saturated rings. The summed E-state index contributed by atoms with van der Waals surface area (Å²) in [6.45, 7) is 8.30. The van der Waals surface area contributed by atoms with Crippen molar-refractivity contribution in [2.75, 3.05) is 13.3 Å². The van der Waals surface area contributed by atoms with Gasteiger partial charge in [0.25, 0.3) is 0 Å². The number of sulfone groups is 1. The molecule has 1 aliphatic carbocycles. The molecule has 0 aliphatic heterocycles. The van der Waals surface area contributed by atoms with Crippen LogP contribution in [0.25, 0.3) is 0 Å². The third kappa shape index (κ3) is 3.08. The molecule has 4 unspecified atom stereocenters. The minimum Gasteiger partial charge on any atom is -0.315 e. The Balaban J connectivity index is 2.91. The molecule has 0 saturated heterocycles. The highest BCUT2D eigenvalue weighted by Gasteiger charge is 2.43. The van der Waals surface area contributed by atoms with Crippen molar-refractivity contribution in [3.8, 4) is 0 Å². The fourth-order valence-electron chi connectivity index (χ4n) is 3.27. The average molecular weight is 275 g/mol. The standard InChI is InChI=1S/C14H29NO2S/c1-10-7-8-12(9-11(10)2)13(15-5)14(3,4)18(6,16)17/h10-13,15H,7-9H2,1-6H3.